The Kier molecular flexibility index (Phi) is 8.72. The van der Waals surface area contributed by atoms with E-state index in [9.17, 15) is 21.6 Å². The number of esters is 1. The van der Waals surface area contributed by atoms with Crippen LogP contribution in [0.2, 0.25) is 0 Å². The van der Waals surface area contributed by atoms with Crippen LogP contribution in [0.5, 0.6) is 5.75 Å². The van der Waals surface area contributed by atoms with Crippen molar-refractivity contribution in [2.24, 2.45) is 0 Å². The molecule has 180 valence electrons. The van der Waals surface area contributed by atoms with Gasteiger partial charge in [0.05, 0.1) is 22.3 Å². The van der Waals surface area contributed by atoms with E-state index in [0.29, 0.717) is 14.4 Å². The van der Waals surface area contributed by atoms with Gasteiger partial charge in [0, 0.05) is 4.90 Å². The average molecular weight is 522 g/mol. The number of nitrogens with zero attached hydrogens (tertiary/aromatic N) is 1. The monoisotopic (exact) mass is 521 g/mol. The molecule has 3 aromatic rings. The molecule has 0 aromatic heterocycles. The molecule has 0 N–H and O–H groups in total. The normalized spacial score (nSPS) is 11.8. The lowest BCUT2D eigenvalue weighted by Crippen LogP contribution is -2.36. The summed E-state index contributed by atoms with van der Waals surface area (Å²) in [5.41, 5.74) is 0. The summed E-state index contributed by atoms with van der Waals surface area (Å²) >= 11 is 1.03. The number of carbonyl (C=O) groups excluding carboxylic acids is 1. The number of benzene rings is 3. The second-order valence-electron chi connectivity index (χ2n) is 6.75. The molecule has 0 fully saturated rings. The molecule has 3 rings (SSSR count). The Morgan fingerprint density at radius 2 is 1.29 bits per heavy atom. The largest absolute Gasteiger partial charge is 0.482 e. The molecule has 8 nitrogen and oxygen atoms in total. The van der Waals surface area contributed by atoms with Gasteiger partial charge in [0.2, 0.25) is 0 Å². The maximum Gasteiger partial charge on any atom is 0.344 e. The number of carbonyl (C=O) groups is 1. The topological polar surface area (TPSA) is 107 Å². The van der Waals surface area contributed by atoms with Crippen molar-refractivity contribution in [3.05, 3.63) is 84.9 Å². The molecular formula is C23H23NO7S3. The van der Waals surface area contributed by atoms with E-state index < -0.39 is 26.0 Å². The minimum atomic E-state index is -4.36. The fourth-order valence-electron chi connectivity index (χ4n) is 2.79. The van der Waals surface area contributed by atoms with Gasteiger partial charge in [-0.3, -0.25) is 0 Å². The first kappa shape index (κ1) is 25.8. The molecule has 0 spiro atoms. The van der Waals surface area contributed by atoms with E-state index in [0.717, 1.165) is 11.8 Å². The molecule has 11 heteroatoms. The van der Waals surface area contributed by atoms with Gasteiger partial charge in [0.15, 0.2) is 6.61 Å². The van der Waals surface area contributed by atoms with Gasteiger partial charge in [-0.2, -0.15) is 0 Å². The smallest absolute Gasteiger partial charge is 0.344 e. The maximum atomic E-state index is 13.3. The molecule has 0 heterocycles. The van der Waals surface area contributed by atoms with Crippen LogP contribution < -0.4 is 4.74 Å². The molecule has 34 heavy (non-hydrogen) atoms. The van der Waals surface area contributed by atoms with Crippen LogP contribution in [0.25, 0.3) is 0 Å². The van der Waals surface area contributed by atoms with Gasteiger partial charge >= 0.3 is 5.97 Å². The molecule has 0 aliphatic carbocycles. The SMILES string of the molecule is CCOC(=O)COc1ccc(SCN(S(=O)(=O)c2ccccc2)S(=O)(=O)c2ccccc2)cc1. The third-order valence-electron chi connectivity index (χ3n) is 4.44. The number of sulfonamides is 2. The van der Waals surface area contributed by atoms with Gasteiger partial charge in [0.1, 0.15) is 5.75 Å². The molecule has 3 aromatic carbocycles. The van der Waals surface area contributed by atoms with E-state index in [1.807, 2.05) is 0 Å². The molecule has 0 saturated carbocycles. The van der Waals surface area contributed by atoms with E-state index in [1.54, 1.807) is 43.3 Å². The summed E-state index contributed by atoms with van der Waals surface area (Å²) < 4.78 is 63.8. The van der Waals surface area contributed by atoms with Crippen molar-refractivity contribution in [2.75, 3.05) is 19.1 Å². The third kappa shape index (κ3) is 6.38. The van der Waals surface area contributed by atoms with Crippen molar-refractivity contribution in [1.82, 2.24) is 3.71 Å². The van der Waals surface area contributed by atoms with Crippen LogP contribution in [0.3, 0.4) is 0 Å². The Hall–Kier alpha value is -2.86. The quantitative estimate of drug-likeness (QED) is 0.213. The molecule has 0 bridgehead atoms. The predicted octanol–water partition coefficient (Wildman–Crippen LogP) is 3.76. The van der Waals surface area contributed by atoms with Gasteiger partial charge in [-0.15, -0.1) is 11.8 Å². The first-order valence-electron chi connectivity index (χ1n) is 10.1. The number of ether oxygens (including phenoxy) is 2. The maximum absolute atomic E-state index is 13.3. The number of thioether (sulfide) groups is 1. The average Bonchev–Trinajstić information content (AvgIpc) is 2.84. The highest BCUT2D eigenvalue weighted by Crippen LogP contribution is 2.30. The lowest BCUT2D eigenvalue weighted by molar-refractivity contribution is -0.145. The Morgan fingerprint density at radius 1 is 0.794 bits per heavy atom. The van der Waals surface area contributed by atoms with Crippen molar-refractivity contribution in [1.29, 1.82) is 0 Å². The highest BCUT2D eigenvalue weighted by atomic mass is 32.3. The highest BCUT2D eigenvalue weighted by molar-refractivity contribution is 8.06. The van der Waals surface area contributed by atoms with Crippen LogP contribution in [0, 0.1) is 0 Å². The lowest BCUT2D eigenvalue weighted by atomic mass is 10.3. The first-order chi connectivity index (χ1) is 16.2. The van der Waals surface area contributed by atoms with Crippen LogP contribution in [0.1, 0.15) is 6.92 Å². The number of rotatable bonds is 11. The summed E-state index contributed by atoms with van der Waals surface area (Å²) in [6, 6.07) is 21.3. The molecule has 0 atom stereocenters. The van der Waals surface area contributed by atoms with Crippen LogP contribution >= 0.6 is 11.8 Å². The van der Waals surface area contributed by atoms with E-state index in [1.165, 1.54) is 48.5 Å². The Bertz CT molecular complexity index is 1230. The van der Waals surface area contributed by atoms with Crippen LogP contribution in [0.15, 0.2) is 99.6 Å². The van der Waals surface area contributed by atoms with E-state index >= 15 is 0 Å². The van der Waals surface area contributed by atoms with E-state index in [2.05, 4.69) is 0 Å². The molecule has 0 aliphatic rings. The van der Waals surface area contributed by atoms with Gasteiger partial charge in [0.25, 0.3) is 20.0 Å². The zero-order chi connectivity index (χ0) is 24.6. The number of hydrogen-bond donors (Lipinski definition) is 0. The molecule has 0 saturated heterocycles. The van der Waals surface area contributed by atoms with Gasteiger partial charge in [-0.25, -0.2) is 21.6 Å². The van der Waals surface area contributed by atoms with Gasteiger partial charge < -0.3 is 9.47 Å². The Labute approximate surface area is 203 Å². The summed E-state index contributed by atoms with van der Waals surface area (Å²) in [6.45, 7) is 1.72. The zero-order valence-electron chi connectivity index (χ0n) is 18.2. The molecule has 0 unspecified atom stereocenters. The fraction of sp³-hybridized carbons (Fsp3) is 0.174. The highest BCUT2D eigenvalue weighted by Gasteiger charge is 2.36. The molecule has 0 amide bonds. The van der Waals surface area contributed by atoms with E-state index in [4.69, 9.17) is 9.47 Å². The standard InChI is InChI=1S/C23H23NO7S3/c1-2-30-23(25)17-31-19-13-15-20(16-14-19)32-18-24(33(26,27)21-9-5-3-6-10-21)34(28,29)22-11-7-4-8-12-22/h3-16H,2,17-18H2,1H3. The summed E-state index contributed by atoms with van der Waals surface area (Å²) in [5.74, 6) is -0.450. The van der Waals surface area contributed by atoms with E-state index in [-0.39, 0.29) is 28.9 Å². The van der Waals surface area contributed by atoms with Crippen LogP contribution in [-0.4, -0.2) is 45.6 Å². The van der Waals surface area contributed by atoms with Gasteiger partial charge in [-0.1, -0.05) is 40.1 Å². The first-order valence-corrected chi connectivity index (χ1v) is 14.0. The molecule has 0 aliphatic heterocycles. The van der Waals surface area contributed by atoms with Crippen LogP contribution in [0.4, 0.5) is 0 Å². The van der Waals surface area contributed by atoms with Crippen molar-refractivity contribution in [3.8, 4) is 5.75 Å². The minimum Gasteiger partial charge on any atom is -0.482 e. The summed E-state index contributed by atoms with van der Waals surface area (Å²) in [5, 5.41) is 0. The lowest BCUT2D eigenvalue weighted by Gasteiger charge is -2.22. The third-order valence-corrected chi connectivity index (χ3v) is 10.0. The second kappa shape index (κ2) is 11.5. The minimum absolute atomic E-state index is 0.127. The van der Waals surface area contributed by atoms with Crippen LogP contribution in [-0.2, 0) is 29.6 Å². The molecule has 0 radical (unpaired) electrons. The predicted molar refractivity (Wildman–Crippen MR) is 128 cm³/mol. The summed E-state index contributed by atoms with van der Waals surface area (Å²) in [7, 11) is -8.72. The van der Waals surface area contributed by atoms with Crippen molar-refractivity contribution >= 4 is 37.8 Å². The number of hydrogen-bond acceptors (Lipinski definition) is 8. The van der Waals surface area contributed by atoms with Gasteiger partial charge in [-0.05, 0) is 55.5 Å². The van der Waals surface area contributed by atoms with Crippen molar-refractivity contribution in [3.63, 3.8) is 0 Å². The Morgan fingerprint density at radius 3 is 1.76 bits per heavy atom. The summed E-state index contributed by atoms with van der Waals surface area (Å²) in [4.78, 5) is 11.8. The van der Waals surface area contributed by atoms with Crippen molar-refractivity contribution < 1.29 is 31.1 Å². The summed E-state index contributed by atoms with van der Waals surface area (Å²) in [6.07, 6.45) is 0. The second-order valence-corrected chi connectivity index (χ2v) is 11.7. The fourth-order valence-corrected chi connectivity index (χ4v) is 7.82. The molecular weight excluding hydrogens is 498 g/mol. The zero-order valence-corrected chi connectivity index (χ0v) is 20.7. The van der Waals surface area contributed by atoms with Crippen molar-refractivity contribution in [2.45, 2.75) is 21.6 Å². The Balaban J connectivity index is 1.82.